The molecular weight excluding hydrogens is 245 g/mol. The summed E-state index contributed by atoms with van der Waals surface area (Å²) >= 11 is 12.3. The molecule has 0 aromatic heterocycles. The van der Waals surface area contributed by atoms with Crippen molar-refractivity contribution in [1.82, 2.24) is 0 Å². The second-order valence-corrected chi connectivity index (χ2v) is 4.69. The maximum atomic E-state index is 9.96. The minimum absolute atomic E-state index is 0.177. The van der Waals surface area contributed by atoms with Crippen molar-refractivity contribution < 1.29 is 5.11 Å². The van der Waals surface area contributed by atoms with Crippen molar-refractivity contribution in [3.63, 3.8) is 0 Å². The first kappa shape index (κ1) is 10.1. The molecule has 0 unspecified atom stereocenters. The second kappa shape index (κ2) is 3.44. The van der Waals surface area contributed by atoms with Crippen LogP contribution in [0.4, 0.5) is 5.69 Å². The van der Waals surface area contributed by atoms with E-state index in [1.807, 2.05) is 0 Å². The lowest BCUT2D eigenvalue weighted by atomic mass is 10.0. The summed E-state index contributed by atoms with van der Waals surface area (Å²) < 4.78 is 0. The van der Waals surface area contributed by atoms with Crippen LogP contribution in [-0.2, 0) is 6.42 Å². The summed E-state index contributed by atoms with van der Waals surface area (Å²) in [7, 11) is 0. The number of hydrogen-bond donors (Lipinski definition) is 2. The zero-order valence-electron chi connectivity index (χ0n) is 8.35. The molecule has 2 N–H and O–H groups in total. The Morgan fingerprint density at radius 2 is 1.81 bits per heavy atom. The topological polar surface area (TPSA) is 32.3 Å². The lowest BCUT2D eigenvalue weighted by Gasteiger charge is -2.10. The maximum absolute atomic E-state index is 9.96. The third-order valence-corrected chi connectivity index (χ3v) is 3.59. The number of aromatic hydroxyl groups is 1. The van der Waals surface area contributed by atoms with E-state index in [4.69, 9.17) is 23.2 Å². The van der Waals surface area contributed by atoms with Crippen molar-refractivity contribution >= 4 is 39.7 Å². The Labute approximate surface area is 103 Å². The summed E-state index contributed by atoms with van der Waals surface area (Å²) in [4.78, 5) is 0. The smallest absolute Gasteiger partial charge is 0.127 e. The summed E-state index contributed by atoms with van der Waals surface area (Å²) in [5.41, 5.74) is 2.09. The predicted octanol–water partition coefficient (Wildman–Crippen LogP) is 3.82. The lowest BCUT2D eigenvalue weighted by Crippen LogP contribution is -1.90. The number of fused-ring (bicyclic) bond motifs is 3. The Morgan fingerprint density at radius 3 is 2.56 bits per heavy atom. The van der Waals surface area contributed by atoms with Crippen molar-refractivity contribution in [2.75, 3.05) is 11.9 Å². The van der Waals surface area contributed by atoms with E-state index in [-0.39, 0.29) is 5.75 Å². The fourth-order valence-electron chi connectivity index (χ4n) is 2.27. The van der Waals surface area contributed by atoms with Crippen LogP contribution < -0.4 is 5.32 Å². The average molecular weight is 254 g/mol. The molecule has 1 aliphatic heterocycles. The summed E-state index contributed by atoms with van der Waals surface area (Å²) in [6.07, 6.45) is 0.909. The average Bonchev–Trinajstić information content (AvgIpc) is 2.70. The molecule has 0 atom stereocenters. The van der Waals surface area contributed by atoms with Crippen molar-refractivity contribution in [1.29, 1.82) is 0 Å². The number of phenolic OH excluding ortho intramolecular Hbond substituents is 1. The quantitative estimate of drug-likeness (QED) is 0.749. The zero-order valence-corrected chi connectivity index (χ0v) is 9.86. The van der Waals surface area contributed by atoms with Gasteiger partial charge in [-0.05, 0) is 24.1 Å². The molecule has 0 amide bonds. The van der Waals surface area contributed by atoms with Gasteiger partial charge < -0.3 is 10.4 Å². The molecule has 0 aliphatic carbocycles. The van der Waals surface area contributed by atoms with Crippen LogP contribution in [-0.4, -0.2) is 11.7 Å². The molecule has 16 heavy (non-hydrogen) atoms. The van der Waals surface area contributed by atoms with E-state index in [0.717, 1.165) is 29.6 Å². The molecule has 4 heteroatoms. The first-order valence-corrected chi connectivity index (χ1v) is 5.80. The van der Waals surface area contributed by atoms with Crippen molar-refractivity contribution in [3.8, 4) is 5.75 Å². The SMILES string of the molecule is Oc1cc2c(c3c(Cl)ccc(Cl)c13)CCN2. The second-order valence-electron chi connectivity index (χ2n) is 3.88. The zero-order chi connectivity index (χ0) is 11.3. The van der Waals surface area contributed by atoms with Crippen molar-refractivity contribution in [3.05, 3.63) is 33.8 Å². The molecule has 3 rings (SSSR count). The molecule has 0 bridgehead atoms. The van der Waals surface area contributed by atoms with Gasteiger partial charge in [-0.15, -0.1) is 0 Å². The number of nitrogens with one attached hydrogen (secondary N) is 1. The third-order valence-electron chi connectivity index (χ3n) is 2.96. The number of hydrogen-bond acceptors (Lipinski definition) is 2. The molecule has 0 saturated carbocycles. The van der Waals surface area contributed by atoms with Crippen LogP contribution >= 0.6 is 23.2 Å². The van der Waals surface area contributed by atoms with Crippen LogP contribution in [0.15, 0.2) is 18.2 Å². The van der Waals surface area contributed by atoms with Crippen LogP contribution in [0, 0.1) is 0 Å². The fraction of sp³-hybridized carbons (Fsp3) is 0.167. The summed E-state index contributed by atoms with van der Waals surface area (Å²) in [6.45, 7) is 0.872. The molecular formula is C12H9Cl2NO. The Hall–Kier alpha value is -1.12. The highest BCUT2D eigenvalue weighted by Crippen LogP contribution is 2.43. The van der Waals surface area contributed by atoms with Gasteiger partial charge in [-0.1, -0.05) is 23.2 Å². The highest BCUT2D eigenvalue weighted by molar-refractivity contribution is 6.41. The van der Waals surface area contributed by atoms with Gasteiger partial charge in [0, 0.05) is 34.1 Å². The Balaban J connectivity index is 2.54. The molecule has 2 aromatic carbocycles. The minimum Gasteiger partial charge on any atom is -0.507 e. The van der Waals surface area contributed by atoms with E-state index < -0.39 is 0 Å². The Bertz CT molecular complexity index is 595. The van der Waals surface area contributed by atoms with Gasteiger partial charge in [-0.2, -0.15) is 0 Å². The monoisotopic (exact) mass is 253 g/mol. The normalized spacial score (nSPS) is 13.9. The molecule has 82 valence electrons. The predicted molar refractivity (Wildman–Crippen MR) is 67.8 cm³/mol. The number of halogens is 2. The number of phenols is 1. The molecule has 1 aliphatic rings. The number of anilines is 1. The van der Waals surface area contributed by atoms with Crippen LogP contribution in [0.25, 0.3) is 10.8 Å². The fourth-order valence-corrected chi connectivity index (χ4v) is 2.79. The van der Waals surface area contributed by atoms with E-state index in [0.29, 0.717) is 15.4 Å². The Morgan fingerprint density at radius 1 is 1.12 bits per heavy atom. The first-order chi connectivity index (χ1) is 7.68. The van der Waals surface area contributed by atoms with Crippen molar-refractivity contribution in [2.24, 2.45) is 0 Å². The van der Waals surface area contributed by atoms with E-state index in [1.165, 1.54) is 0 Å². The molecule has 0 radical (unpaired) electrons. The summed E-state index contributed by atoms with van der Waals surface area (Å²) in [5.74, 6) is 0.177. The molecule has 0 fully saturated rings. The van der Waals surface area contributed by atoms with Gasteiger partial charge >= 0.3 is 0 Å². The van der Waals surface area contributed by atoms with Gasteiger partial charge in [0.1, 0.15) is 5.75 Å². The molecule has 0 spiro atoms. The number of rotatable bonds is 0. The highest BCUT2D eigenvalue weighted by atomic mass is 35.5. The van der Waals surface area contributed by atoms with Crippen LogP contribution in [0.5, 0.6) is 5.75 Å². The van der Waals surface area contributed by atoms with E-state index >= 15 is 0 Å². The van der Waals surface area contributed by atoms with E-state index in [9.17, 15) is 5.11 Å². The van der Waals surface area contributed by atoms with Crippen LogP contribution in [0.3, 0.4) is 0 Å². The van der Waals surface area contributed by atoms with Crippen molar-refractivity contribution in [2.45, 2.75) is 6.42 Å². The molecule has 2 aromatic rings. The van der Waals surface area contributed by atoms with Gasteiger partial charge in [0.05, 0.1) is 5.02 Å². The first-order valence-electron chi connectivity index (χ1n) is 5.05. The molecule has 2 nitrogen and oxygen atoms in total. The summed E-state index contributed by atoms with van der Waals surface area (Å²) in [6, 6.07) is 5.19. The van der Waals surface area contributed by atoms with E-state index in [2.05, 4.69) is 5.32 Å². The summed E-state index contributed by atoms with van der Waals surface area (Å²) in [5, 5.41) is 15.9. The van der Waals surface area contributed by atoms with Gasteiger partial charge in [0.25, 0.3) is 0 Å². The van der Waals surface area contributed by atoms with Crippen LogP contribution in [0.2, 0.25) is 10.0 Å². The standard InChI is InChI=1S/C12H9Cl2NO/c13-7-1-2-8(14)12-10(16)5-9-6(11(7)12)3-4-15-9/h1-2,5,15-16H,3-4H2. The largest absolute Gasteiger partial charge is 0.507 e. The molecule has 1 heterocycles. The minimum atomic E-state index is 0.177. The highest BCUT2D eigenvalue weighted by Gasteiger charge is 2.19. The maximum Gasteiger partial charge on any atom is 0.127 e. The Kier molecular flexibility index (Phi) is 2.16. The van der Waals surface area contributed by atoms with Gasteiger partial charge in [-0.3, -0.25) is 0 Å². The third kappa shape index (κ3) is 1.27. The van der Waals surface area contributed by atoms with Crippen LogP contribution in [0.1, 0.15) is 5.56 Å². The molecule has 0 saturated heterocycles. The van der Waals surface area contributed by atoms with Gasteiger partial charge in [0.15, 0.2) is 0 Å². The van der Waals surface area contributed by atoms with E-state index in [1.54, 1.807) is 18.2 Å². The lowest BCUT2D eigenvalue weighted by molar-refractivity contribution is 0.482. The van der Waals surface area contributed by atoms with Gasteiger partial charge in [-0.25, -0.2) is 0 Å². The number of benzene rings is 2. The van der Waals surface area contributed by atoms with Gasteiger partial charge in [0.2, 0.25) is 0 Å².